The lowest BCUT2D eigenvalue weighted by Crippen LogP contribution is -2.29. The van der Waals surface area contributed by atoms with E-state index in [2.05, 4.69) is 16.4 Å². The number of aliphatic hydroxyl groups excluding tert-OH is 1. The second kappa shape index (κ2) is 25.6. The van der Waals surface area contributed by atoms with E-state index < -0.39 is 24.0 Å². The molecule has 32 heavy (non-hydrogen) atoms. The molecule has 0 aromatic carbocycles. The largest absolute Gasteiger partial charge is 0.462 e. The molecule has 0 saturated heterocycles. The Balaban J connectivity index is 0. The Morgan fingerprint density at radius 2 is 0.938 bits per heavy atom. The van der Waals surface area contributed by atoms with Crippen LogP contribution in [-0.2, 0) is 28.6 Å². The lowest BCUT2D eigenvalue weighted by atomic mass is 10.0. The topological polar surface area (TPSA) is 99.1 Å². The third-order valence-electron chi connectivity index (χ3n) is 4.79. The zero-order chi connectivity index (χ0) is 24.5. The molecule has 0 aliphatic carbocycles. The average molecular weight is 461 g/mol. The molecule has 0 fully saturated rings. The van der Waals surface area contributed by atoms with Crippen molar-refractivity contribution in [1.29, 1.82) is 0 Å². The quantitative estimate of drug-likeness (QED) is 0.154. The lowest BCUT2D eigenvalue weighted by molar-refractivity contribution is -0.163. The third-order valence-corrected chi connectivity index (χ3v) is 4.79. The number of carbonyl (C=O) groups excluding carboxylic acids is 3. The number of rotatable bonds is 19. The Kier molecular flexibility index (Phi) is 26.1. The fourth-order valence-electron chi connectivity index (χ4n) is 3.08. The standard InChI is InChI=1S/C16H34O.C9H14O6/c1-2-3-4-5-6-7-8-9-10-11-12-13-14-15-16-17;1-6(10)13-4-9(15-8(3)12)5-14-7(2)11/h17H,2-16H2,1H3;9H,4-5H2,1-3H3. The first-order valence-corrected chi connectivity index (χ1v) is 12.4. The van der Waals surface area contributed by atoms with Gasteiger partial charge < -0.3 is 19.3 Å². The first kappa shape index (κ1) is 32.5. The maximum Gasteiger partial charge on any atom is 0.303 e. The monoisotopic (exact) mass is 460 g/mol. The van der Waals surface area contributed by atoms with Crippen LogP contribution in [0.4, 0.5) is 0 Å². The van der Waals surface area contributed by atoms with Gasteiger partial charge in [0.1, 0.15) is 13.2 Å². The highest BCUT2D eigenvalue weighted by molar-refractivity contribution is 5.67. The summed E-state index contributed by atoms with van der Waals surface area (Å²) in [7, 11) is 0. The summed E-state index contributed by atoms with van der Waals surface area (Å²) in [4.78, 5) is 31.6. The van der Waals surface area contributed by atoms with Gasteiger partial charge in [-0.1, -0.05) is 90.4 Å². The zero-order valence-electron chi connectivity index (χ0n) is 21.0. The van der Waals surface area contributed by atoms with Crippen LogP contribution >= 0.6 is 0 Å². The van der Waals surface area contributed by atoms with Gasteiger partial charge in [-0.15, -0.1) is 0 Å². The minimum absolute atomic E-state index is 0.123. The molecule has 0 heterocycles. The Morgan fingerprint density at radius 1 is 0.594 bits per heavy atom. The van der Waals surface area contributed by atoms with Gasteiger partial charge in [-0.05, 0) is 6.42 Å². The van der Waals surface area contributed by atoms with Gasteiger partial charge in [-0.25, -0.2) is 0 Å². The van der Waals surface area contributed by atoms with Crippen LogP contribution in [0.3, 0.4) is 0 Å². The molecule has 7 nitrogen and oxygen atoms in total. The number of ether oxygens (including phenoxy) is 3. The SMILES string of the molecule is CC(=O)OCC(COC(C)=O)OC(C)=O.CCCCCCCCCCCCCCCCO. The molecule has 0 spiro atoms. The van der Waals surface area contributed by atoms with Gasteiger partial charge in [0.25, 0.3) is 0 Å². The van der Waals surface area contributed by atoms with Crippen molar-refractivity contribution in [3.05, 3.63) is 0 Å². The van der Waals surface area contributed by atoms with Crippen molar-refractivity contribution < 1.29 is 33.7 Å². The first-order valence-electron chi connectivity index (χ1n) is 12.4. The van der Waals surface area contributed by atoms with Crippen molar-refractivity contribution in [2.45, 2.75) is 124 Å². The van der Waals surface area contributed by atoms with Crippen LogP contribution in [0.5, 0.6) is 0 Å². The number of hydrogen-bond acceptors (Lipinski definition) is 7. The summed E-state index contributed by atoms with van der Waals surface area (Å²) in [5.41, 5.74) is 0. The molecule has 7 heteroatoms. The summed E-state index contributed by atoms with van der Waals surface area (Å²) < 4.78 is 14.0. The number of hydrogen-bond donors (Lipinski definition) is 1. The minimum Gasteiger partial charge on any atom is -0.462 e. The molecule has 0 aromatic heterocycles. The van der Waals surface area contributed by atoms with E-state index in [1.807, 2.05) is 0 Å². The molecule has 1 N–H and O–H groups in total. The normalized spacial score (nSPS) is 10.3. The molecular weight excluding hydrogens is 412 g/mol. The van der Waals surface area contributed by atoms with Crippen molar-refractivity contribution in [3.63, 3.8) is 0 Å². The van der Waals surface area contributed by atoms with Gasteiger partial charge in [-0.3, -0.25) is 14.4 Å². The van der Waals surface area contributed by atoms with Crippen LogP contribution in [0.2, 0.25) is 0 Å². The molecule has 190 valence electrons. The van der Waals surface area contributed by atoms with Gasteiger partial charge in [-0.2, -0.15) is 0 Å². The van der Waals surface area contributed by atoms with E-state index in [-0.39, 0.29) is 13.2 Å². The Bertz CT molecular complexity index is 420. The van der Waals surface area contributed by atoms with Crippen LogP contribution in [0.25, 0.3) is 0 Å². The number of aliphatic hydroxyl groups is 1. The second-order valence-electron chi connectivity index (χ2n) is 8.16. The highest BCUT2D eigenvalue weighted by Crippen LogP contribution is 2.12. The molecule has 0 unspecified atom stereocenters. The Labute approximate surface area is 195 Å². The molecule has 0 amide bonds. The second-order valence-corrected chi connectivity index (χ2v) is 8.16. The van der Waals surface area contributed by atoms with Crippen molar-refractivity contribution in [1.82, 2.24) is 0 Å². The van der Waals surface area contributed by atoms with Crippen LogP contribution in [0.15, 0.2) is 0 Å². The van der Waals surface area contributed by atoms with E-state index in [9.17, 15) is 14.4 Å². The summed E-state index contributed by atoms with van der Waals surface area (Å²) in [6, 6.07) is 0. The molecule has 0 radical (unpaired) electrons. The highest BCUT2D eigenvalue weighted by Gasteiger charge is 2.15. The van der Waals surface area contributed by atoms with E-state index in [1.54, 1.807) is 0 Å². The molecule has 0 aliphatic heterocycles. The Morgan fingerprint density at radius 3 is 1.22 bits per heavy atom. The summed E-state index contributed by atoms with van der Waals surface area (Å²) >= 11 is 0. The van der Waals surface area contributed by atoms with E-state index >= 15 is 0 Å². The van der Waals surface area contributed by atoms with Crippen LogP contribution in [0.1, 0.15) is 118 Å². The summed E-state index contributed by atoms with van der Waals surface area (Å²) in [5, 5.41) is 8.64. The van der Waals surface area contributed by atoms with E-state index in [0.717, 1.165) is 6.42 Å². The zero-order valence-corrected chi connectivity index (χ0v) is 21.0. The molecule has 0 rings (SSSR count). The summed E-state index contributed by atoms with van der Waals surface area (Å²) in [6.45, 7) is 6.09. The summed E-state index contributed by atoms with van der Waals surface area (Å²) in [5.74, 6) is -1.51. The van der Waals surface area contributed by atoms with Crippen LogP contribution in [0, 0.1) is 0 Å². The molecule has 0 bridgehead atoms. The smallest absolute Gasteiger partial charge is 0.303 e. The maximum absolute atomic E-state index is 10.6. The van der Waals surface area contributed by atoms with E-state index in [1.165, 1.54) is 104 Å². The number of carbonyl (C=O) groups is 3. The van der Waals surface area contributed by atoms with Gasteiger partial charge in [0.2, 0.25) is 0 Å². The Hall–Kier alpha value is -1.63. The molecule has 0 aliphatic rings. The fraction of sp³-hybridized carbons (Fsp3) is 0.880. The molecule has 0 saturated carbocycles. The van der Waals surface area contributed by atoms with E-state index in [4.69, 9.17) is 9.84 Å². The number of unbranched alkanes of at least 4 members (excludes halogenated alkanes) is 13. The van der Waals surface area contributed by atoms with Gasteiger partial charge in [0, 0.05) is 27.4 Å². The fourth-order valence-corrected chi connectivity index (χ4v) is 3.08. The predicted molar refractivity (Wildman–Crippen MR) is 126 cm³/mol. The molecular formula is C25H48O7. The van der Waals surface area contributed by atoms with Gasteiger partial charge in [0.15, 0.2) is 6.10 Å². The predicted octanol–water partition coefficient (Wildman–Crippen LogP) is 5.50. The van der Waals surface area contributed by atoms with Crippen molar-refractivity contribution in [3.8, 4) is 0 Å². The van der Waals surface area contributed by atoms with E-state index in [0.29, 0.717) is 6.61 Å². The molecule has 0 aromatic rings. The molecule has 0 atom stereocenters. The van der Waals surface area contributed by atoms with Gasteiger partial charge >= 0.3 is 17.9 Å². The maximum atomic E-state index is 10.6. The third kappa shape index (κ3) is 30.6. The number of esters is 3. The minimum atomic E-state index is -0.754. The van der Waals surface area contributed by atoms with Gasteiger partial charge in [0.05, 0.1) is 0 Å². The van der Waals surface area contributed by atoms with Crippen LogP contribution < -0.4 is 0 Å². The van der Waals surface area contributed by atoms with Crippen molar-refractivity contribution in [2.75, 3.05) is 19.8 Å². The highest BCUT2D eigenvalue weighted by atomic mass is 16.6. The average Bonchev–Trinajstić information content (AvgIpc) is 2.73. The first-order chi connectivity index (χ1) is 15.3. The van der Waals surface area contributed by atoms with Crippen LogP contribution in [-0.4, -0.2) is 48.9 Å². The van der Waals surface area contributed by atoms with Crippen molar-refractivity contribution >= 4 is 17.9 Å². The lowest BCUT2D eigenvalue weighted by Gasteiger charge is -2.15. The summed E-state index contributed by atoms with van der Waals surface area (Å²) in [6.07, 6.45) is 18.5. The van der Waals surface area contributed by atoms with Crippen molar-refractivity contribution in [2.24, 2.45) is 0 Å².